The molecule has 1 aliphatic rings. The maximum absolute atomic E-state index is 12.7. The summed E-state index contributed by atoms with van der Waals surface area (Å²) in [5.41, 5.74) is 2.00. The van der Waals surface area contributed by atoms with Gasteiger partial charge in [-0.15, -0.1) is 0 Å². The smallest absolute Gasteiger partial charge is 0.240 e. The number of likely N-dealkylation sites (tertiary alicyclic amines) is 1. The van der Waals surface area contributed by atoms with Crippen LogP contribution in [0.25, 0.3) is 0 Å². The van der Waals surface area contributed by atoms with E-state index >= 15 is 0 Å². The number of hydrogen-bond acceptors (Lipinski definition) is 5. The van der Waals surface area contributed by atoms with Gasteiger partial charge in [-0.1, -0.05) is 29.8 Å². The lowest BCUT2D eigenvalue weighted by atomic mass is 9.97. The second kappa shape index (κ2) is 10.9. The van der Waals surface area contributed by atoms with Crippen LogP contribution in [0, 0.1) is 12.8 Å². The second-order valence-electron chi connectivity index (χ2n) is 8.41. The molecular weight excluding hydrogens is 426 g/mol. The summed E-state index contributed by atoms with van der Waals surface area (Å²) >= 11 is 0. The maximum Gasteiger partial charge on any atom is 0.240 e. The molecule has 2 unspecified atom stereocenters. The number of amides is 1. The van der Waals surface area contributed by atoms with Crippen molar-refractivity contribution in [3.63, 3.8) is 0 Å². The molecule has 0 bridgehead atoms. The van der Waals surface area contributed by atoms with E-state index in [9.17, 15) is 13.2 Å². The Balaban J connectivity index is 1.50. The number of nitrogens with one attached hydrogen (secondary N) is 2. The molecule has 8 heteroatoms. The normalized spacial score (nSPS) is 18.2. The first-order valence-corrected chi connectivity index (χ1v) is 12.5. The predicted octanol–water partition coefficient (Wildman–Crippen LogP) is 2.70. The van der Waals surface area contributed by atoms with Gasteiger partial charge < -0.3 is 10.1 Å². The molecular formula is C24H33N3O4S. The zero-order valence-corrected chi connectivity index (χ0v) is 19.8. The number of aryl methyl sites for hydroxylation is 1. The Bertz CT molecular complexity index is 1010. The minimum absolute atomic E-state index is 0.0336. The molecule has 2 aromatic rings. The van der Waals surface area contributed by atoms with Crippen molar-refractivity contribution in [1.29, 1.82) is 0 Å². The van der Waals surface area contributed by atoms with Crippen molar-refractivity contribution in [2.24, 2.45) is 5.92 Å². The third-order valence-corrected chi connectivity index (χ3v) is 7.41. The van der Waals surface area contributed by atoms with Crippen LogP contribution in [-0.2, 0) is 21.4 Å². The van der Waals surface area contributed by atoms with Crippen molar-refractivity contribution >= 4 is 15.9 Å². The van der Waals surface area contributed by atoms with Crippen molar-refractivity contribution in [1.82, 2.24) is 14.9 Å². The molecule has 1 amide bonds. The molecule has 0 spiro atoms. The average molecular weight is 460 g/mol. The Labute approximate surface area is 191 Å². The molecule has 0 saturated carbocycles. The average Bonchev–Trinajstić information content (AvgIpc) is 2.81. The van der Waals surface area contributed by atoms with Crippen LogP contribution in [0.2, 0.25) is 0 Å². The highest BCUT2D eigenvalue weighted by atomic mass is 32.2. The fraction of sp³-hybridized carbons (Fsp3) is 0.458. The molecule has 2 N–H and O–H groups in total. The van der Waals surface area contributed by atoms with Gasteiger partial charge in [0.05, 0.1) is 18.0 Å². The van der Waals surface area contributed by atoms with Gasteiger partial charge in [-0.3, -0.25) is 9.69 Å². The highest BCUT2D eigenvalue weighted by Crippen LogP contribution is 2.19. The molecule has 2 aromatic carbocycles. The zero-order chi connectivity index (χ0) is 23.1. The lowest BCUT2D eigenvalue weighted by molar-refractivity contribution is -0.126. The van der Waals surface area contributed by atoms with E-state index in [2.05, 4.69) is 14.9 Å². The lowest BCUT2D eigenvalue weighted by Crippen LogP contribution is -2.50. The highest BCUT2D eigenvalue weighted by Gasteiger charge is 2.28. The van der Waals surface area contributed by atoms with E-state index in [-0.39, 0.29) is 22.8 Å². The number of sulfonamides is 1. The van der Waals surface area contributed by atoms with E-state index in [1.807, 2.05) is 38.1 Å². The molecule has 32 heavy (non-hydrogen) atoms. The van der Waals surface area contributed by atoms with E-state index in [0.29, 0.717) is 19.6 Å². The molecule has 0 aliphatic carbocycles. The summed E-state index contributed by atoms with van der Waals surface area (Å²) in [5, 5.41) is 3.00. The quantitative estimate of drug-likeness (QED) is 0.602. The molecule has 174 valence electrons. The van der Waals surface area contributed by atoms with Gasteiger partial charge in [-0.05, 0) is 69.0 Å². The number of benzene rings is 2. The largest absolute Gasteiger partial charge is 0.497 e. The molecule has 1 aliphatic heterocycles. The minimum Gasteiger partial charge on any atom is -0.497 e. The predicted molar refractivity (Wildman–Crippen MR) is 125 cm³/mol. The number of hydrogen-bond donors (Lipinski definition) is 2. The number of methoxy groups -OCH3 is 1. The summed E-state index contributed by atoms with van der Waals surface area (Å²) in [5.74, 6) is 0.892. The molecule has 0 radical (unpaired) electrons. The number of ether oxygens (including phenoxy) is 1. The third-order valence-electron chi connectivity index (χ3n) is 5.97. The van der Waals surface area contributed by atoms with E-state index < -0.39 is 10.0 Å². The first-order valence-electron chi connectivity index (χ1n) is 11.0. The van der Waals surface area contributed by atoms with Crippen molar-refractivity contribution in [2.45, 2.75) is 44.2 Å². The fourth-order valence-electron chi connectivity index (χ4n) is 3.93. The van der Waals surface area contributed by atoms with Crippen molar-refractivity contribution in [2.75, 3.05) is 26.7 Å². The molecule has 0 aromatic heterocycles. The van der Waals surface area contributed by atoms with Gasteiger partial charge in [0.15, 0.2) is 0 Å². The topological polar surface area (TPSA) is 87.7 Å². The van der Waals surface area contributed by atoms with Gasteiger partial charge in [0.1, 0.15) is 5.75 Å². The van der Waals surface area contributed by atoms with Crippen molar-refractivity contribution < 1.29 is 17.9 Å². The Kier molecular flexibility index (Phi) is 8.28. The number of rotatable bonds is 9. The molecule has 1 saturated heterocycles. The lowest BCUT2D eigenvalue weighted by Gasteiger charge is -2.36. The minimum atomic E-state index is -3.53. The number of nitrogens with zero attached hydrogens (tertiary/aromatic N) is 1. The van der Waals surface area contributed by atoms with Gasteiger partial charge in [0, 0.05) is 19.6 Å². The van der Waals surface area contributed by atoms with Crippen LogP contribution in [0.1, 0.15) is 30.9 Å². The molecule has 1 fully saturated rings. The zero-order valence-electron chi connectivity index (χ0n) is 19.0. The van der Waals surface area contributed by atoms with E-state index in [4.69, 9.17) is 4.74 Å². The standard InChI is InChI=1S/C24H33N3O4S/c1-18-9-11-23(12-10-18)32(29,30)26-16-21-7-5-13-27(17-21)19(2)24(28)25-15-20-6-4-8-22(14-20)31-3/h4,6,8-12,14,19,21,26H,5,7,13,15-17H2,1-3H3,(H,25,28). The Morgan fingerprint density at radius 1 is 1.22 bits per heavy atom. The molecule has 2 atom stereocenters. The summed E-state index contributed by atoms with van der Waals surface area (Å²) in [7, 11) is -1.92. The van der Waals surface area contributed by atoms with Crippen molar-refractivity contribution in [3.05, 3.63) is 59.7 Å². The Morgan fingerprint density at radius 3 is 2.69 bits per heavy atom. The molecule has 7 nitrogen and oxygen atoms in total. The van der Waals surface area contributed by atoms with Gasteiger partial charge in [0.25, 0.3) is 0 Å². The van der Waals surface area contributed by atoms with E-state index in [1.165, 1.54) is 0 Å². The summed E-state index contributed by atoms with van der Waals surface area (Å²) in [6.45, 7) is 6.15. The van der Waals surface area contributed by atoms with Gasteiger partial charge in [-0.25, -0.2) is 13.1 Å². The Morgan fingerprint density at radius 2 is 1.97 bits per heavy atom. The first-order chi connectivity index (χ1) is 15.3. The summed E-state index contributed by atoms with van der Waals surface area (Å²) in [6.07, 6.45) is 1.87. The first kappa shape index (κ1) is 24.2. The summed E-state index contributed by atoms with van der Waals surface area (Å²) in [6, 6.07) is 14.2. The maximum atomic E-state index is 12.7. The summed E-state index contributed by atoms with van der Waals surface area (Å²) in [4.78, 5) is 15.1. The van der Waals surface area contributed by atoms with Crippen LogP contribution in [0.3, 0.4) is 0 Å². The van der Waals surface area contributed by atoms with Gasteiger partial charge >= 0.3 is 0 Å². The van der Waals surface area contributed by atoms with Crippen LogP contribution in [0.4, 0.5) is 0 Å². The van der Waals surface area contributed by atoms with Crippen LogP contribution >= 0.6 is 0 Å². The SMILES string of the molecule is COc1cccc(CNC(=O)C(C)N2CCCC(CNS(=O)(=O)c3ccc(C)cc3)C2)c1. The number of piperidine rings is 1. The van der Waals surface area contributed by atoms with Crippen LogP contribution in [-0.4, -0.2) is 52.0 Å². The highest BCUT2D eigenvalue weighted by molar-refractivity contribution is 7.89. The van der Waals surface area contributed by atoms with E-state index in [0.717, 1.165) is 36.3 Å². The Hall–Kier alpha value is -2.42. The van der Waals surface area contributed by atoms with Crippen LogP contribution in [0.5, 0.6) is 5.75 Å². The third kappa shape index (κ3) is 6.54. The van der Waals surface area contributed by atoms with E-state index in [1.54, 1.807) is 31.4 Å². The molecule has 3 rings (SSSR count). The summed E-state index contributed by atoms with van der Waals surface area (Å²) < 4.78 is 33.1. The van der Waals surface area contributed by atoms with Crippen molar-refractivity contribution in [3.8, 4) is 5.75 Å². The molecule has 1 heterocycles. The van der Waals surface area contributed by atoms with Gasteiger partial charge in [0.2, 0.25) is 15.9 Å². The van der Waals surface area contributed by atoms with Gasteiger partial charge in [-0.2, -0.15) is 0 Å². The van der Waals surface area contributed by atoms with Crippen LogP contribution < -0.4 is 14.8 Å². The monoisotopic (exact) mass is 459 g/mol. The number of carbonyl (C=O) groups is 1. The fourth-order valence-corrected chi connectivity index (χ4v) is 5.05. The number of carbonyl (C=O) groups excluding carboxylic acids is 1. The second-order valence-corrected chi connectivity index (χ2v) is 10.2. The van der Waals surface area contributed by atoms with Crippen LogP contribution in [0.15, 0.2) is 53.4 Å².